The maximum atomic E-state index is 12.4. The lowest BCUT2D eigenvalue weighted by Crippen LogP contribution is -2.46. The Morgan fingerprint density at radius 2 is 2.26 bits per heavy atom. The van der Waals surface area contributed by atoms with E-state index in [1.165, 1.54) is 19.3 Å². The highest BCUT2D eigenvalue weighted by Gasteiger charge is 2.22. The second kappa shape index (κ2) is 7.68. The van der Waals surface area contributed by atoms with Crippen molar-refractivity contribution in [2.75, 3.05) is 19.6 Å². The van der Waals surface area contributed by atoms with E-state index >= 15 is 0 Å². The van der Waals surface area contributed by atoms with Crippen molar-refractivity contribution < 1.29 is 4.79 Å². The molecular formula is C16H28N2O. The van der Waals surface area contributed by atoms with E-state index in [0.717, 1.165) is 38.9 Å². The summed E-state index contributed by atoms with van der Waals surface area (Å²) in [6, 6.07) is 0.517. The first kappa shape index (κ1) is 14.6. The Hall–Kier alpha value is -0.830. The number of rotatable bonds is 6. The minimum Gasteiger partial charge on any atom is -0.341 e. The molecule has 1 aliphatic carbocycles. The van der Waals surface area contributed by atoms with Gasteiger partial charge in [0.2, 0.25) is 5.91 Å². The van der Waals surface area contributed by atoms with E-state index in [-0.39, 0.29) is 0 Å². The Morgan fingerprint density at radius 3 is 2.89 bits per heavy atom. The van der Waals surface area contributed by atoms with Gasteiger partial charge in [0.15, 0.2) is 0 Å². The average Bonchev–Trinajstić information content (AvgIpc) is 2.92. The molecule has 2 rings (SSSR count). The fraction of sp³-hybridized carbons (Fsp3) is 0.812. The van der Waals surface area contributed by atoms with Gasteiger partial charge in [-0.3, -0.25) is 4.79 Å². The third-order valence-electron chi connectivity index (χ3n) is 4.25. The summed E-state index contributed by atoms with van der Waals surface area (Å²) in [5.41, 5.74) is 0. The van der Waals surface area contributed by atoms with Crippen molar-refractivity contribution >= 4 is 5.91 Å². The highest BCUT2D eigenvalue weighted by Crippen LogP contribution is 2.21. The summed E-state index contributed by atoms with van der Waals surface area (Å²) in [5, 5.41) is 3.55. The molecule has 19 heavy (non-hydrogen) atoms. The Bertz CT molecular complexity index is 308. The van der Waals surface area contributed by atoms with Crippen LogP contribution in [-0.2, 0) is 4.79 Å². The summed E-state index contributed by atoms with van der Waals surface area (Å²) in [5.74, 6) is 0.844. The van der Waals surface area contributed by atoms with E-state index in [1.807, 2.05) is 0 Å². The van der Waals surface area contributed by atoms with Crippen LogP contribution in [0.3, 0.4) is 0 Å². The standard InChI is InChI=1S/C16H28N2O/c1-2-11-18(13-15-9-5-6-10-17-15)16(19)12-14-7-3-4-8-14/h3,7,14-15,17H,2,4-6,8-13H2,1H3. The Labute approximate surface area is 117 Å². The van der Waals surface area contributed by atoms with E-state index in [4.69, 9.17) is 0 Å². The topological polar surface area (TPSA) is 32.3 Å². The van der Waals surface area contributed by atoms with Crippen molar-refractivity contribution in [3.63, 3.8) is 0 Å². The van der Waals surface area contributed by atoms with Gasteiger partial charge in [-0.2, -0.15) is 0 Å². The lowest BCUT2D eigenvalue weighted by molar-refractivity contribution is -0.132. The lowest BCUT2D eigenvalue weighted by atomic mass is 10.0. The Balaban J connectivity index is 1.82. The number of carbonyl (C=O) groups excluding carboxylic acids is 1. The van der Waals surface area contributed by atoms with Crippen LogP contribution in [0.25, 0.3) is 0 Å². The molecule has 0 radical (unpaired) electrons. The third-order valence-corrected chi connectivity index (χ3v) is 4.25. The number of piperidine rings is 1. The van der Waals surface area contributed by atoms with Gasteiger partial charge in [0.25, 0.3) is 0 Å². The van der Waals surface area contributed by atoms with Crippen molar-refractivity contribution in [1.82, 2.24) is 10.2 Å². The molecule has 108 valence electrons. The molecule has 1 heterocycles. The number of nitrogens with zero attached hydrogens (tertiary/aromatic N) is 1. The largest absolute Gasteiger partial charge is 0.341 e. The number of allylic oxidation sites excluding steroid dienone is 2. The van der Waals surface area contributed by atoms with Crippen molar-refractivity contribution in [2.45, 2.75) is 57.9 Å². The zero-order chi connectivity index (χ0) is 13.5. The van der Waals surface area contributed by atoms with Crippen LogP contribution in [0.1, 0.15) is 51.9 Å². The molecule has 0 bridgehead atoms. The number of hydrogen-bond acceptors (Lipinski definition) is 2. The van der Waals surface area contributed by atoms with Crippen LogP contribution >= 0.6 is 0 Å². The van der Waals surface area contributed by atoms with Gasteiger partial charge in [-0.05, 0) is 44.6 Å². The van der Waals surface area contributed by atoms with Gasteiger partial charge in [0, 0.05) is 25.6 Å². The first-order valence-corrected chi connectivity index (χ1v) is 7.97. The number of hydrogen-bond donors (Lipinski definition) is 1. The molecular weight excluding hydrogens is 236 g/mol. The Kier molecular flexibility index (Phi) is 5.90. The number of nitrogens with one attached hydrogen (secondary N) is 1. The van der Waals surface area contributed by atoms with Gasteiger partial charge in [0.05, 0.1) is 0 Å². The van der Waals surface area contributed by atoms with E-state index < -0.39 is 0 Å². The van der Waals surface area contributed by atoms with Crippen molar-refractivity contribution in [3.8, 4) is 0 Å². The van der Waals surface area contributed by atoms with Gasteiger partial charge in [-0.25, -0.2) is 0 Å². The first-order valence-electron chi connectivity index (χ1n) is 7.97. The third kappa shape index (κ3) is 4.64. The normalized spacial score (nSPS) is 26.6. The van der Waals surface area contributed by atoms with Crippen LogP contribution in [0, 0.1) is 5.92 Å². The smallest absolute Gasteiger partial charge is 0.223 e. The van der Waals surface area contributed by atoms with Gasteiger partial charge >= 0.3 is 0 Å². The van der Waals surface area contributed by atoms with Gasteiger partial charge in [0.1, 0.15) is 0 Å². The number of amides is 1. The molecule has 0 aromatic rings. The quantitative estimate of drug-likeness (QED) is 0.748. The molecule has 2 unspecified atom stereocenters. The van der Waals surface area contributed by atoms with Crippen LogP contribution in [0.2, 0.25) is 0 Å². The minimum atomic E-state index is 0.353. The minimum absolute atomic E-state index is 0.353. The molecule has 0 aromatic carbocycles. The van der Waals surface area contributed by atoms with E-state index in [1.54, 1.807) is 0 Å². The maximum absolute atomic E-state index is 12.4. The fourth-order valence-corrected chi connectivity index (χ4v) is 3.15. The van der Waals surface area contributed by atoms with Crippen LogP contribution in [0.5, 0.6) is 0 Å². The highest BCUT2D eigenvalue weighted by molar-refractivity contribution is 5.76. The second-order valence-electron chi connectivity index (χ2n) is 5.96. The SMILES string of the molecule is CCCN(CC1CCCCN1)C(=O)CC1C=CCC1. The summed E-state index contributed by atoms with van der Waals surface area (Å²) >= 11 is 0. The van der Waals surface area contributed by atoms with Crippen molar-refractivity contribution in [1.29, 1.82) is 0 Å². The van der Waals surface area contributed by atoms with Gasteiger partial charge in [-0.1, -0.05) is 25.5 Å². The van der Waals surface area contributed by atoms with Crippen LogP contribution in [-0.4, -0.2) is 36.5 Å². The molecule has 0 saturated carbocycles. The summed E-state index contributed by atoms with van der Waals surface area (Å²) in [6.07, 6.45) is 12.3. The molecule has 0 aromatic heterocycles. The first-order chi connectivity index (χ1) is 9.29. The Morgan fingerprint density at radius 1 is 1.37 bits per heavy atom. The zero-order valence-corrected chi connectivity index (χ0v) is 12.2. The summed E-state index contributed by atoms with van der Waals surface area (Å²) < 4.78 is 0. The van der Waals surface area contributed by atoms with Crippen molar-refractivity contribution in [2.24, 2.45) is 5.92 Å². The van der Waals surface area contributed by atoms with Crippen LogP contribution < -0.4 is 5.32 Å². The van der Waals surface area contributed by atoms with E-state index in [0.29, 0.717) is 24.3 Å². The molecule has 2 atom stereocenters. The van der Waals surface area contributed by atoms with E-state index in [2.05, 4.69) is 29.3 Å². The van der Waals surface area contributed by atoms with E-state index in [9.17, 15) is 4.79 Å². The van der Waals surface area contributed by atoms with Crippen LogP contribution in [0.15, 0.2) is 12.2 Å². The predicted octanol–water partition coefficient (Wildman–Crippen LogP) is 2.72. The molecule has 3 nitrogen and oxygen atoms in total. The monoisotopic (exact) mass is 264 g/mol. The van der Waals surface area contributed by atoms with Gasteiger partial charge in [-0.15, -0.1) is 0 Å². The fourth-order valence-electron chi connectivity index (χ4n) is 3.15. The van der Waals surface area contributed by atoms with Gasteiger partial charge < -0.3 is 10.2 Å². The summed E-state index contributed by atoms with van der Waals surface area (Å²) in [6.45, 7) is 5.09. The number of carbonyl (C=O) groups is 1. The molecule has 1 N–H and O–H groups in total. The predicted molar refractivity (Wildman–Crippen MR) is 79.0 cm³/mol. The molecule has 1 amide bonds. The van der Waals surface area contributed by atoms with Crippen molar-refractivity contribution in [3.05, 3.63) is 12.2 Å². The molecule has 1 aliphatic heterocycles. The maximum Gasteiger partial charge on any atom is 0.223 e. The van der Waals surface area contributed by atoms with Crippen LogP contribution in [0.4, 0.5) is 0 Å². The molecule has 3 heteroatoms. The average molecular weight is 264 g/mol. The molecule has 1 saturated heterocycles. The summed E-state index contributed by atoms with van der Waals surface area (Å²) in [7, 11) is 0. The lowest BCUT2D eigenvalue weighted by Gasteiger charge is -2.31. The second-order valence-corrected chi connectivity index (χ2v) is 5.96. The molecule has 1 fully saturated rings. The molecule has 0 spiro atoms. The molecule has 2 aliphatic rings. The summed E-state index contributed by atoms with van der Waals surface area (Å²) in [4.78, 5) is 14.5. The highest BCUT2D eigenvalue weighted by atomic mass is 16.2. The zero-order valence-electron chi connectivity index (χ0n) is 12.2.